The van der Waals surface area contributed by atoms with Gasteiger partial charge in [0.2, 0.25) is 0 Å². The monoisotopic (exact) mass is 379 g/mol. The number of methoxy groups -OCH3 is 1. The van der Waals surface area contributed by atoms with E-state index in [1.807, 2.05) is 0 Å². The van der Waals surface area contributed by atoms with Crippen molar-refractivity contribution in [3.8, 4) is 5.75 Å². The summed E-state index contributed by atoms with van der Waals surface area (Å²) >= 11 is 0. The van der Waals surface area contributed by atoms with E-state index in [4.69, 9.17) is 9.47 Å². The summed E-state index contributed by atoms with van der Waals surface area (Å²) in [4.78, 5) is 12.2. The van der Waals surface area contributed by atoms with Crippen molar-refractivity contribution >= 4 is 21.5 Å². The molecule has 0 unspecified atom stereocenters. The van der Waals surface area contributed by atoms with Crippen molar-refractivity contribution < 1.29 is 27.1 Å². The normalized spacial score (nSPS) is 21.2. The molecule has 1 fully saturated rings. The molecule has 0 amide bonds. The molecule has 1 aliphatic rings. The molecule has 0 saturated carbocycles. The molecule has 0 aromatic heterocycles. The summed E-state index contributed by atoms with van der Waals surface area (Å²) in [6, 6.07) is 11.3. The van der Waals surface area contributed by atoms with E-state index in [2.05, 4.69) is 5.32 Å². The summed E-state index contributed by atoms with van der Waals surface area (Å²) in [5.41, 5.74) is 0.856. The number of carbonyl (C=O) groups excluding carboxylic acids is 1. The molecule has 26 heavy (non-hydrogen) atoms. The molecule has 0 radical (unpaired) electrons. The van der Waals surface area contributed by atoms with Crippen molar-refractivity contribution in [3.63, 3.8) is 0 Å². The minimum absolute atomic E-state index is 0.138. The van der Waals surface area contributed by atoms with Gasteiger partial charge in [0.05, 0.1) is 30.2 Å². The molecular formula is C18H18FNO5S. The predicted molar refractivity (Wildman–Crippen MR) is 94.7 cm³/mol. The lowest BCUT2D eigenvalue weighted by Crippen LogP contribution is -2.35. The van der Waals surface area contributed by atoms with Crippen molar-refractivity contribution in [3.05, 3.63) is 59.9 Å². The lowest BCUT2D eigenvalue weighted by molar-refractivity contribution is 0.0336. The van der Waals surface area contributed by atoms with E-state index in [1.54, 1.807) is 31.4 Å². The predicted octanol–water partition coefficient (Wildman–Crippen LogP) is 2.27. The highest BCUT2D eigenvalue weighted by Gasteiger charge is 2.40. The smallest absolute Gasteiger partial charge is 0.338 e. The Bertz CT molecular complexity index is 881. The maximum atomic E-state index is 13.0. The molecule has 2 aromatic rings. The SMILES string of the molecule is COc1ccc(N[C@H]2CS(=O)(=O)C[C@H]2OC(=O)c2ccc(F)cc2)cc1. The molecule has 1 N–H and O–H groups in total. The van der Waals surface area contributed by atoms with Crippen molar-refractivity contribution in [1.82, 2.24) is 0 Å². The largest absolute Gasteiger partial charge is 0.497 e. The molecule has 1 aliphatic heterocycles. The third kappa shape index (κ3) is 4.32. The molecule has 1 saturated heterocycles. The van der Waals surface area contributed by atoms with Gasteiger partial charge in [-0.15, -0.1) is 0 Å². The minimum atomic E-state index is -3.34. The van der Waals surface area contributed by atoms with Crippen LogP contribution >= 0.6 is 0 Å². The van der Waals surface area contributed by atoms with Gasteiger partial charge >= 0.3 is 5.97 Å². The lowest BCUT2D eigenvalue weighted by Gasteiger charge is -2.21. The summed E-state index contributed by atoms with van der Waals surface area (Å²) < 4.78 is 47.4. The maximum Gasteiger partial charge on any atom is 0.338 e. The van der Waals surface area contributed by atoms with Crippen LogP contribution in [0.4, 0.5) is 10.1 Å². The zero-order valence-corrected chi connectivity index (χ0v) is 14.8. The summed E-state index contributed by atoms with van der Waals surface area (Å²) in [6.07, 6.45) is -0.834. The fourth-order valence-corrected chi connectivity index (χ4v) is 4.54. The first-order chi connectivity index (χ1) is 12.4. The van der Waals surface area contributed by atoms with Crippen LogP contribution in [-0.4, -0.2) is 45.1 Å². The fourth-order valence-electron chi connectivity index (χ4n) is 2.76. The van der Waals surface area contributed by atoms with E-state index < -0.39 is 33.8 Å². The molecule has 6 nitrogen and oxygen atoms in total. The van der Waals surface area contributed by atoms with E-state index in [0.29, 0.717) is 11.4 Å². The first-order valence-corrected chi connectivity index (χ1v) is 9.76. The summed E-state index contributed by atoms with van der Waals surface area (Å²) in [7, 11) is -1.78. The third-order valence-corrected chi connectivity index (χ3v) is 5.78. The Morgan fingerprint density at radius 2 is 1.73 bits per heavy atom. The zero-order valence-electron chi connectivity index (χ0n) is 14.0. The van der Waals surface area contributed by atoms with Gasteiger partial charge in [0, 0.05) is 5.69 Å². The molecule has 0 aliphatic carbocycles. The average molecular weight is 379 g/mol. The summed E-state index contributed by atoms with van der Waals surface area (Å²) in [6.45, 7) is 0. The molecule has 2 aromatic carbocycles. The molecule has 8 heteroatoms. The Morgan fingerprint density at radius 1 is 1.08 bits per heavy atom. The number of hydrogen-bond donors (Lipinski definition) is 1. The quantitative estimate of drug-likeness (QED) is 0.803. The van der Waals surface area contributed by atoms with Crippen LogP contribution in [0.3, 0.4) is 0 Å². The standard InChI is InChI=1S/C18H18FNO5S/c1-24-15-8-6-14(7-9-15)20-16-10-26(22,23)11-17(16)25-18(21)12-2-4-13(19)5-3-12/h2-9,16-17,20H,10-11H2,1H3/t16-,17+/m0/s1. The first-order valence-electron chi connectivity index (χ1n) is 7.94. The van der Waals surface area contributed by atoms with Gasteiger partial charge in [-0.3, -0.25) is 0 Å². The van der Waals surface area contributed by atoms with Crippen LogP contribution in [0.25, 0.3) is 0 Å². The van der Waals surface area contributed by atoms with Gasteiger partial charge in [-0.1, -0.05) is 0 Å². The molecular weight excluding hydrogens is 361 g/mol. The second-order valence-corrected chi connectivity index (χ2v) is 8.16. The van der Waals surface area contributed by atoms with Gasteiger partial charge in [0.15, 0.2) is 9.84 Å². The van der Waals surface area contributed by atoms with E-state index in [9.17, 15) is 17.6 Å². The summed E-state index contributed by atoms with van der Waals surface area (Å²) in [5.74, 6) is -0.875. The van der Waals surface area contributed by atoms with E-state index in [-0.39, 0.29) is 17.1 Å². The Hall–Kier alpha value is -2.61. The van der Waals surface area contributed by atoms with E-state index >= 15 is 0 Å². The highest BCUT2D eigenvalue weighted by atomic mass is 32.2. The maximum absolute atomic E-state index is 13.0. The number of carbonyl (C=O) groups is 1. The van der Waals surface area contributed by atoms with Gasteiger partial charge in [-0.2, -0.15) is 0 Å². The van der Waals surface area contributed by atoms with Gasteiger partial charge in [0.1, 0.15) is 17.7 Å². The minimum Gasteiger partial charge on any atom is -0.497 e. The number of ether oxygens (including phenoxy) is 2. The fraction of sp³-hybridized carbons (Fsp3) is 0.278. The highest BCUT2D eigenvalue weighted by Crippen LogP contribution is 2.23. The molecule has 3 rings (SSSR count). The van der Waals surface area contributed by atoms with Crippen molar-refractivity contribution in [2.24, 2.45) is 0 Å². The van der Waals surface area contributed by atoms with Crippen molar-refractivity contribution in [2.45, 2.75) is 12.1 Å². The van der Waals surface area contributed by atoms with Gasteiger partial charge in [0.25, 0.3) is 0 Å². The average Bonchev–Trinajstić information content (AvgIpc) is 2.89. The van der Waals surface area contributed by atoms with Crippen LogP contribution in [0, 0.1) is 5.82 Å². The number of nitrogens with one attached hydrogen (secondary N) is 1. The first kappa shape index (κ1) is 18.2. The van der Waals surface area contributed by atoms with Crippen molar-refractivity contribution in [2.75, 3.05) is 23.9 Å². The third-order valence-electron chi connectivity index (χ3n) is 4.08. The number of benzene rings is 2. The van der Waals surface area contributed by atoms with Gasteiger partial charge in [-0.05, 0) is 48.5 Å². The van der Waals surface area contributed by atoms with E-state index in [1.165, 1.54) is 12.1 Å². The van der Waals surface area contributed by atoms with E-state index in [0.717, 1.165) is 12.1 Å². The number of sulfone groups is 1. The van der Waals surface area contributed by atoms with Crippen LogP contribution < -0.4 is 10.1 Å². The summed E-state index contributed by atoms with van der Waals surface area (Å²) in [5, 5.41) is 3.09. The highest BCUT2D eigenvalue weighted by molar-refractivity contribution is 7.91. The van der Waals surface area contributed by atoms with Crippen LogP contribution in [0.15, 0.2) is 48.5 Å². The number of halogens is 1. The lowest BCUT2D eigenvalue weighted by atomic mass is 10.2. The Kier molecular flexibility index (Phi) is 5.13. The number of anilines is 1. The molecule has 0 spiro atoms. The van der Waals surface area contributed by atoms with Crippen LogP contribution in [0.5, 0.6) is 5.75 Å². The Balaban J connectivity index is 1.73. The van der Waals surface area contributed by atoms with Gasteiger partial charge in [-0.25, -0.2) is 17.6 Å². The molecule has 138 valence electrons. The molecule has 2 atom stereocenters. The second-order valence-electron chi connectivity index (χ2n) is 6.01. The van der Waals surface area contributed by atoms with Gasteiger partial charge < -0.3 is 14.8 Å². The van der Waals surface area contributed by atoms with Crippen LogP contribution in [0.2, 0.25) is 0 Å². The van der Waals surface area contributed by atoms with Crippen LogP contribution in [-0.2, 0) is 14.6 Å². The number of esters is 1. The van der Waals surface area contributed by atoms with Crippen LogP contribution in [0.1, 0.15) is 10.4 Å². The number of rotatable bonds is 5. The zero-order chi connectivity index (χ0) is 18.7. The molecule has 1 heterocycles. The number of hydrogen-bond acceptors (Lipinski definition) is 6. The van der Waals surface area contributed by atoms with Crippen molar-refractivity contribution in [1.29, 1.82) is 0 Å². The Labute approximate surface area is 150 Å². The molecule has 0 bridgehead atoms. The Morgan fingerprint density at radius 3 is 2.35 bits per heavy atom. The topological polar surface area (TPSA) is 81.7 Å². The second kappa shape index (κ2) is 7.33.